The lowest BCUT2D eigenvalue weighted by Gasteiger charge is -2.18. The van der Waals surface area contributed by atoms with Gasteiger partial charge in [-0.15, -0.1) is 0 Å². The zero-order chi connectivity index (χ0) is 8.97. The Morgan fingerprint density at radius 1 is 1.33 bits per heavy atom. The van der Waals surface area contributed by atoms with Crippen LogP contribution in [0.3, 0.4) is 0 Å². The van der Waals surface area contributed by atoms with E-state index >= 15 is 0 Å². The summed E-state index contributed by atoms with van der Waals surface area (Å²) in [5.74, 6) is 2.02. The van der Waals surface area contributed by atoms with Crippen molar-refractivity contribution in [2.75, 3.05) is 0 Å². The number of hydrogen-bond acceptors (Lipinski definition) is 1. The van der Waals surface area contributed by atoms with E-state index in [0.29, 0.717) is 6.04 Å². The van der Waals surface area contributed by atoms with E-state index in [4.69, 9.17) is 5.73 Å². The molecule has 1 fully saturated rings. The Kier molecular flexibility index (Phi) is 4.07. The van der Waals surface area contributed by atoms with Gasteiger partial charge in [0.1, 0.15) is 0 Å². The van der Waals surface area contributed by atoms with E-state index in [1.807, 2.05) is 0 Å². The number of nitrogens with two attached hydrogens (primary N) is 1. The summed E-state index contributed by atoms with van der Waals surface area (Å²) >= 11 is 0. The molecule has 0 aromatic rings. The minimum Gasteiger partial charge on any atom is -0.328 e. The minimum absolute atomic E-state index is 0.406. The fourth-order valence-electron chi connectivity index (χ4n) is 2.51. The lowest BCUT2D eigenvalue weighted by atomic mass is 9.89. The Balaban J connectivity index is 2.21. The van der Waals surface area contributed by atoms with Gasteiger partial charge >= 0.3 is 0 Å². The van der Waals surface area contributed by atoms with Gasteiger partial charge in [0.25, 0.3) is 0 Å². The van der Waals surface area contributed by atoms with Crippen LogP contribution in [0.5, 0.6) is 0 Å². The van der Waals surface area contributed by atoms with Crippen molar-refractivity contribution in [3.8, 4) is 0 Å². The second kappa shape index (κ2) is 4.86. The van der Waals surface area contributed by atoms with Crippen molar-refractivity contribution in [1.82, 2.24) is 0 Å². The zero-order valence-corrected chi connectivity index (χ0v) is 8.55. The highest BCUT2D eigenvalue weighted by Crippen LogP contribution is 2.36. The highest BCUT2D eigenvalue weighted by molar-refractivity contribution is 4.77. The quantitative estimate of drug-likeness (QED) is 0.688. The number of rotatable bonds is 4. The molecule has 1 aliphatic carbocycles. The fourth-order valence-corrected chi connectivity index (χ4v) is 2.51. The highest BCUT2D eigenvalue weighted by Gasteiger charge is 2.25. The van der Waals surface area contributed by atoms with Gasteiger partial charge in [0, 0.05) is 6.04 Å². The van der Waals surface area contributed by atoms with Crippen LogP contribution in [0.25, 0.3) is 0 Å². The Hall–Kier alpha value is -0.0400. The molecule has 1 aliphatic rings. The van der Waals surface area contributed by atoms with Crippen molar-refractivity contribution in [1.29, 1.82) is 0 Å². The second-order valence-corrected chi connectivity index (χ2v) is 4.41. The van der Waals surface area contributed by atoms with Gasteiger partial charge < -0.3 is 5.73 Å². The van der Waals surface area contributed by atoms with Crippen LogP contribution >= 0.6 is 0 Å². The van der Waals surface area contributed by atoms with Gasteiger partial charge in [0.15, 0.2) is 0 Å². The van der Waals surface area contributed by atoms with Crippen molar-refractivity contribution in [3.05, 3.63) is 0 Å². The predicted molar refractivity (Wildman–Crippen MR) is 54.0 cm³/mol. The summed E-state index contributed by atoms with van der Waals surface area (Å²) in [7, 11) is 0. The molecule has 0 radical (unpaired) electrons. The first-order chi connectivity index (χ1) is 5.74. The molecule has 2 N–H and O–H groups in total. The van der Waals surface area contributed by atoms with Gasteiger partial charge in [-0.3, -0.25) is 0 Å². The molecule has 72 valence electrons. The standard InChI is InChI=1S/C11H23N/c1-3-10-5-4-6-11(10)8-7-9(2)12/h9-11H,3-8,12H2,1-2H3. The Morgan fingerprint density at radius 3 is 2.58 bits per heavy atom. The van der Waals surface area contributed by atoms with Crippen molar-refractivity contribution in [3.63, 3.8) is 0 Å². The van der Waals surface area contributed by atoms with Crippen LogP contribution in [0.15, 0.2) is 0 Å². The maximum Gasteiger partial charge on any atom is 0.00105 e. The van der Waals surface area contributed by atoms with Crippen molar-refractivity contribution in [2.24, 2.45) is 17.6 Å². The summed E-state index contributed by atoms with van der Waals surface area (Å²) in [5, 5.41) is 0. The molecular formula is C11H23N. The summed E-state index contributed by atoms with van der Waals surface area (Å²) in [5.41, 5.74) is 5.76. The lowest BCUT2D eigenvalue weighted by molar-refractivity contribution is 0.339. The molecule has 0 saturated heterocycles. The molecule has 3 unspecified atom stereocenters. The van der Waals surface area contributed by atoms with Crippen LogP contribution in [0, 0.1) is 11.8 Å². The Bertz CT molecular complexity index is 120. The van der Waals surface area contributed by atoms with Crippen LogP contribution in [0.1, 0.15) is 52.4 Å². The third kappa shape index (κ3) is 2.78. The summed E-state index contributed by atoms with van der Waals surface area (Å²) < 4.78 is 0. The molecule has 12 heavy (non-hydrogen) atoms. The van der Waals surface area contributed by atoms with Gasteiger partial charge in [0.05, 0.1) is 0 Å². The molecule has 0 spiro atoms. The third-order valence-electron chi connectivity index (χ3n) is 3.33. The maximum atomic E-state index is 5.76. The SMILES string of the molecule is CCC1CCCC1CCC(C)N. The number of hydrogen-bond donors (Lipinski definition) is 1. The normalized spacial score (nSPS) is 32.2. The largest absolute Gasteiger partial charge is 0.328 e. The van der Waals surface area contributed by atoms with Crippen LogP contribution in [-0.2, 0) is 0 Å². The summed E-state index contributed by atoms with van der Waals surface area (Å²) in [6, 6.07) is 0.406. The summed E-state index contributed by atoms with van der Waals surface area (Å²) in [4.78, 5) is 0. The Morgan fingerprint density at radius 2 is 2.00 bits per heavy atom. The molecule has 0 aromatic heterocycles. The molecule has 1 saturated carbocycles. The van der Waals surface area contributed by atoms with E-state index in [1.165, 1.54) is 38.5 Å². The average Bonchev–Trinajstić information content (AvgIpc) is 2.47. The monoisotopic (exact) mass is 169 g/mol. The molecule has 0 heterocycles. The first-order valence-electron chi connectivity index (χ1n) is 5.49. The zero-order valence-electron chi connectivity index (χ0n) is 8.55. The summed E-state index contributed by atoms with van der Waals surface area (Å²) in [6.45, 7) is 4.45. The second-order valence-electron chi connectivity index (χ2n) is 4.41. The molecule has 1 rings (SSSR count). The van der Waals surface area contributed by atoms with E-state index in [9.17, 15) is 0 Å². The van der Waals surface area contributed by atoms with Gasteiger partial charge in [-0.1, -0.05) is 32.6 Å². The lowest BCUT2D eigenvalue weighted by Crippen LogP contribution is -2.17. The highest BCUT2D eigenvalue weighted by atomic mass is 14.6. The van der Waals surface area contributed by atoms with E-state index in [-0.39, 0.29) is 0 Å². The van der Waals surface area contributed by atoms with Crippen LogP contribution in [-0.4, -0.2) is 6.04 Å². The molecule has 0 amide bonds. The van der Waals surface area contributed by atoms with Crippen LogP contribution in [0.2, 0.25) is 0 Å². The van der Waals surface area contributed by atoms with E-state index in [1.54, 1.807) is 0 Å². The molecule has 0 aromatic carbocycles. The van der Waals surface area contributed by atoms with E-state index in [0.717, 1.165) is 11.8 Å². The molecular weight excluding hydrogens is 146 g/mol. The molecule has 0 bridgehead atoms. The van der Waals surface area contributed by atoms with E-state index in [2.05, 4.69) is 13.8 Å². The average molecular weight is 169 g/mol. The maximum absolute atomic E-state index is 5.76. The fraction of sp³-hybridized carbons (Fsp3) is 1.00. The van der Waals surface area contributed by atoms with E-state index < -0.39 is 0 Å². The van der Waals surface area contributed by atoms with Gasteiger partial charge in [-0.05, 0) is 31.6 Å². The molecule has 1 nitrogen and oxygen atoms in total. The first-order valence-corrected chi connectivity index (χ1v) is 5.49. The molecule has 0 aliphatic heterocycles. The molecule has 3 atom stereocenters. The van der Waals surface area contributed by atoms with Crippen LogP contribution < -0.4 is 5.73 Å². The first kappa shape index (κ1) is 10.0. The van der Waals surface area contributed by atoms with Crippen molar-refractivity contribution >= 4 is 0 Å². The topological polar surface area (TPSA) is 26.0 Å². The van der Waals surface area contributed by atoms with Crippen molar-refractivity contribution in [2.45, 2.75) is 58.4 Å². The Labute approximate surface area is 76.7 Å². The van der Waals surface area contributed by atoms with Gasteiger partial charge in [-0.2, -0.15) is 0 Å². The summed E-state index contributed by atoms with van der Waals surface area (Å²) in [6.07, 6.45) is 8.37. The van der Waals surface area contributed by atoms with Crippen molar-refractivity contribution < 1.29 is 0 Å². The van der Waals surface area contributed by atoms with Gasteiger partial charge in [0.2, 0.25) is 0 Å². The minimum atomic E-state index is 0.406. The van der Waals surface area contributed by atoms with Crippen LogP contribution in [0.4, 0.5) is 0 Å². The van der Waals surface area contributed by atoms with Gasteiger partial charge in [-0.25, -0.2) is 0 Å². The smallest absolute Gasteiger partial charge is 0.00105 e. The molecule has 1 heteroatoms. The predicted octanol–water partition coefficient (Wildman–Crippen LogP) is 2.94. The third-order valence-corrected chi connectivity index (χ3v) is 3.33.